The number of aliphatic hydroxyl groups is 1. The topological polar surface area (TPSA) is 75.6 Å². The normalized spacial score (nSPS) is 41.0. The number of nitrogens with one attached hydrogen (secondary N) is 1. The summed E-state index contributed by atoms with van der Waals surface area (Å²) in [6, 6.07) is -0.0346. The Bertz CT molecular complexity index is 750. The second kappa shape index (κ2) is 8.47. The third-order valence-electron chi connectivity index (χ3n) is 6.78. The highest BCUT2D eigenvalue weighted by Crippen LogP contribution is 2.50. The number of ether oxygens (including phenoxy) is 1. The summed E-state index contributed by atoms with van der Waals surface area (Å²) in [5.41, 5.74) is 1.14. The zero-order chi connectivity index (χ0) is 21.3. The summed E-state index contributed by atoms with van der Waals surface area (Å²) in [7, 11) is 0. The van der Waals surface area contributed by atoms with E-state index in [2.05, 4.69) is 52.1 Å². The molecule has 6 atom stereocenters. The number of hydrogen-bond acceptors (Lipinski definition) is 4. The Morgan fingerprint density at radius 3 is 2.69 bits per heavy atom. The first-order chi connectivity index (χ1) is 13.6. The first kappa shape index (κ1) is 21.8. The molecule has 0 aromatic rings. The van der Waals surface area contributed by atoms with Gasteiger partial charge in [0, 0.05) is 24.0 Å². The van der Waals surface area contributed by atoms with Crippen LogP contribution in [0.4, 0.5) is 0 Å². The molecule has 5 nitrogen and oxygen atoms in total. The number of hydrogen-bond donors (Lipinski definition) is 2. The number of carbonyl (C=O) groups excluding carboxylic acids is 2. The monoisotopic (exact) mass is 401 g/mol. The smallest absolute Gasteiger partial charge is 0.331 e. The average Bonchev–Trinajstić information content (AvgIpc) is 2.89. The first-order valence-corrected chi connectivity index (χ1v) is 10.9. The number of amides is 1. The van der Waals surface area contributed by atoms with Crippen LogP contribution in [0.1, 0.15) is 60.3 Å². The Morgan fingerprint density at radius 1 is 1.28 bits per heavy atom. The van der Waals surface area contributed by atoms with Gasteiger partial charge in [0.05, 0.1) is 6.10 Å². The van der Waals surface area contributed by atoms with Gasteiger partial charge in [0.25, 0.3) is 5.91 Å². The summed E-state index contributed by atoms with van der Waals surface area (Å²) in [6.07, 6.45) is 9.40. The van der Waals surface area contributed by atoms with Crippen molar-refractivity contribution in [3.05, 3.63) is 35.5 Å². The third kappa shape index (κ3) is 4.20. The van der Waals surface area contributed by atoms with Gasteiger partial charge < -0.3 is 15.2 Å². The summed E-state index contributed by atoms with van der Waals surface area (Å²) in [5.74, 6) is -0.632. The SMILES string of the molecule is CC1=C[C@H]2/C=C(/C)CCC[C@@H](O)/C=C\C(=O)O[C@@]23C(=O)N[C@@H](CC(C)C)[C@H]3[C@H]1C. The Balaban J connectivity index is 2.13. The minimum absolute atomic E-state index is 0.0346. The lowest BCUT2D eigenvalue weighted by Crippen LogP contribution is -2.56. The zero-order valence-electron chi connectivity index (χ0n) is 18.3. The van der Waals surface area contributed by atoms with Crippen LogP contribution in [0.2, 0.25) is 0 Å². The molecular formula is C24H35NO4. The zero-order valence-corrected chi connectivity index (χ0v) is 18.3. The molecular weight excluding hydrogens is 366 g/mol. The molecule has 160 valence electrons. The highest BCUT2D eigenvalue weighted by atomic mass is 16.6. The van der Waals surface area contributed by atoms with Crippen molar-refractivity contribution in [2.24, 2.45) is 23.7 Å². The highest BCUT2D eigenvalue weighted by molar-refractivity contribution is 5.94. The van der Waals surface area contributed by atoms with Gasteiger partial charge in [0.2, 0.25) is 5.60 Å². The van der Waals surface area contributed by atoms with E-state index in [9.17, 15) is 14.7 Å². The van der Waals surface area contributed by atoms with E-state index in [0.29, 0.717) is 12.3 Å². The lowest BCUT2D eigenvalue weighted by Gasteiger charge is -2.45. The molecule has 29 heavy (non-hydrogen) atoms. The van der Waals surface area contributed by atoms with Gasteiger partial charge in [-0.1, -0.05) is 44.1 Å². The minimum Gasteiger partial charge on any atom is -0.444 e. The fraction of sp³-hybridized carbons (Fsp3) is 0.667. The van der Waals surface area contributed by atoms with Crippen LogP contribution in [0.3, 0.4) is 0 Å². The third-order valence-corrected chi connectivity index (χ3v) is 6.78. The predicted molar refractivity (Wildman–Crippen MR) is 113 cm³/mol. The summed E-state index contributed by atoms with van der Waals surface area (Å²) in [6.45, 7) is 10.6. The van der Waals surface area contributed by atoms with E-state index in [0.717, 1.165) is 24.8 Å². The molecule has 2 aliphatic heterocycles. The lowest BCUT2D eigenvalue weighted by molar-refractivity contribution is -0.172. The summed E-state index contributed by atoms with van der Waals surface area (Å²) in [4.78, 5) is 26.2. The quantitative estimate of drug-likeness (QED) is 0.547. The molecule has 1 aliphatic carbocycles. The lowest BCUT2D eigenvalue weighted by atomic mass is 9.63. The van der Waals surface area contributed by atoms with Crippen LogP contribution in [-0.4, -0.2) is 34.7 Å². The van der Waals surface area contributed by atoms with Crippen LogP contribution in [0.25, 0.3) is 0 Å². The molecule has 0 bridgehead atoms. The van der Waals surface area contributed by atoms with Gasteiger partial charge in [0.15, 0.2) is 0 Å². The molecule has 3 rings (SSSR count). The van der Waals surface area contributed by atoms with Crippen molar-refractivity contribution in [2.45, 2.75) is 78.0 Å². The van der Waals surface area contributed by atoms with E-state index < -0.39 is 17.7 Å². The minimum atomic E-state index is -1.24. The van der Waals surface area contributed by atoms with Crippen molar-refractivity contribution < 1.29 is 19.4 Å². The number of allylic oxidation sites excluding steroid dienone is 2. The molecule has 1 fully saturated rings. The van der Waals surface area contributed by atoms with Gasteiger partial charge in [-0.25, -0.2) is 4.79 Å². The molecule has 1 saturated heterocycles. The summed E-state index contributed by atoms with van der Waals surface area (Å²) < 4.78 is 6.04. The van der Waals surface area contributed by atoms with Crippen molar-refractivity contribution in [3.8, 4) is 0 Å². The van der Waals surface area contributed by atoms with E-state index >= 15 is 0 Å². The van der Waals surface area contributed by atoms with E-state index in [-0.39, 0.29) is 29.7 Å². The maximum atomic E-state index is 13.4. The molecule has 1 spiro atoms. The van der Waals surface area contributed by atoms with Crippen molar-refractivity contribution in [1.82, 2.24) is 5.32 Å². The second-order valence-electron chi connectivity index (χ2n) is 9.51. The maximum absolute atomic E-state index is 13.4. The van der Waals surface area contributed by atoms with Gasteiger partial charge in [-0.05, 0) is 57.4 Å². The maximum Gasteiger partial charge on any atom is 0.331 e. The Labute approximate surface area is 174 Å². The van der Waals surface area contributed by atoms with Crippen LogP contribution < -0.4 is 5.32 Å². The Morgan fingerprint density at radius 2 is 2.00 bits per heavy atom. The molecule has 1 amide bonds. The van der Waals surface area contributed by atoms with E-state index in [4.69, 9.17) is 4.74 Å². The molecule has 0 aromatic heterocycles. The molecule has 0 saturated carbocycles. The first-order valence-electron chi connectivity index (χ1n) is 10.9. The van der Waals surface area contributed by atoms with Gasteiger partial charge in [-0.3, -0.25) is 4.79 Å². The van der Waals surface area contributed by atoms with Crippen LogP contribution in [0.15, 0.2) is 35.5 Å². The Hall–Kier alpha value is -1.88. The Kier molecular flexibility index (Phi) is 6.37. The standard InChI is InChI=1S/C24H35NO4/c1-14(2)11-20-22-17(5)16(4)13-18-12-15(3)7-6-8-19(26)9-10-21(27)29-24(18,22)23(28)25-20/h9-10,12-14,17-20,22,26H,6-8,11H2,1-5H3,(H,25,28)/b10-9-,15-12-/t17-,18+,19+,20-,22+,24-/m0/s1. The van der Waals surface area contributed by atoms with Crippen LogP contribution in [0, 0.1) is 23.7 Å². The molecule has 0 unspecified atom stereocenters. The van der Waals surface area contributed by atoms with Crippen molar-refractivity contribution in [1.29, 1.82) is 0 Å². The van der Waals surface area contributed by atoms with Gasteiger partial charge >= 0.3 is 5.97 Å². The molecule has 5 heteroatoms. The van der Waals surface area contributed by atoms with E-state index in [1.165, 1.54) is 17.7 Å². The number of esters is 1. The van der Waals surface area contributed by atoms with Crippen molar-refractivity contribution in [2.75, 3.05) is 0 Å². The second-order valence-corrected chi connectivity index (χ2v) is 9.51. The van der Waals surface area contributed by atoms with Gasteiger partial charge in [-0.15, -0.1) is 0 Å². The fourth-order valence-corrected chi connectivity index (χ4v) is 5.29. The molecule has 0 aromatic carbocycles. The molecule has 3 aliphatic rings. The van der Waals surface area contributed by atoms with E-state index in [1.807, 2.05) is 0 Å². The number of carbonyl (C=O) groups is 2. The van der Waals surface area contributed by atoms with Crippen LogP contribution >= 0.6 is 0 Å². The van der Waals surface area contributed by atoms with Crippen LogP contribution in [0.5, 0.6) is 0 Å². The summed E-state index contributed by atoms with van der Waals surface area (Å²) >= 11 is 0. The molecule has 0 radical (unpaired) electrons. The van der Waals surface area contributed by atoms with Crippen molar-refractivity contribution in [3.63, 3.8) is 0 Å². The van der Waals surface area contributed by atoms with E-state index in [1.54, 1.807) is 0 Å². The average molecular weight is 402 g/mol. The number of rotatable bonds is 2. The van der Waals surface area contributed by atoms with Crippen molar-refractivity contribution >= 4 is 11.9 Å². The largest absolute Gasteiger partial charge is 0.444 e. The molecule has 2 heterocycles. The molecule has 2 N–H and O–H groups in total. The predicted octanol–water partition coefficient (Wildman–Crippen LogP) is 3.69. The fourth-order valence-electron chi connectivity index (χ4n) is 5.29. The highest BCUT2D eigenvalue weighted by Gasteiger charge is 2.64. The van der Waals surface area contributed by atoms with Crippen LogP contribution in [-0.2, 0) is 14.3 Å². The summed E-state index contributed by atoms with van der Waals surface area (Å²) in [5, 5.41) is 13.3. The van der Waals surface area contributed by atoms with Gasteiger partial charge in [-0.2, -0.15) is 0 Å². The number of aliphatic hydroxyl groups excluding tert-OH is 1. The van der Waals surface area contributed by atoms with Gasteiger partial charge in [0.1, 0.15) is 0 Å².